The van der Waals surface area contributed by atoms with Crippen LogP contribution in [-0.2, 0) is 0 Å². The number of benzene rings is 1. The van der Waals surface area contributed by atoms with Gasteiger partial charge in [0.2, 0.25) is 0 Å². The van der Waals surface area contributed by atoms with Crippen molar-refractivity contribution < 1.29 is 9.47 Å². The molecule has 2 aromatic heterocycles. The summed E-state index contributed by atoms with van der Waals surface area (Å²) < 4.78 is 10.4. The maximum absolute atomic E-state index is 12.3. The van der Waals surface area contributed by atoms with Gasteiger partial charge in [-0.1, -0.05) is 0 Å². The quantitative estimate of drug-likeness (QED) is 0.763. The zero-order valence-electron chi connectivity index (χ0n) is 11.9. The van der Waals surface area contributed by atoms with Crippen molar-refractivity contribution in [1.82, 2.24) is 19.9 Å². The van der Waals surface area contributed by atoms with Crippen LogP contribution in [0.25, 0.3) is 22.4 Å². The second-order valence-corrected chi connectivity index (χ2v) is 4.51. The normalized spacial score (nSPS) is 10.8. The maximum Gasteiger partial charge on any atom is 0.262 e. The highest BCUT2D eigenvalue weighted by atomic mass is 16.5. The highest BCUT2D eigenvalue weighted by molar-refractivity contribution is 5.87. The minimum absolute atomic E-state index is 0.281. The van der Waals surface area contributed by atoms with Crippen LogP contribution in [0.15, 0.2) is 23.3 Å². The molecule has 0 amide bonds. The first-order valence-corrected chi connectivity index (χ1v) is 6.30. The van der Waals surface area contributed by atoms with Crippen molar-refractivity contribution in [2.24, 2.45) is 0 Å². The summed E-state index contributed by atoms with van der Waals surface area (Å²) in [4.78, 5) is 26.7. The van der Waals surface area contributed by atoms with E-state index < -0.39 is 0 Å². The molecule has 0 saturated heterocycles. The number of aryl methyl sites for hydroxylation is 1. The molecule has 2 N–H and O–H groups in total. The Hall–Kier alpha value is -2.83. The van der Waals surface area contributed by atoms with Gasteiger partial charge in [-0.25, -0.2) is 9.97 Å². The number of aromatic nitrogens is 4. The Balaban J connectivity index is 2.33. The highest BCUT2D eigenvalue weighted by Crippen LogP contribution is 2.28. The van der Waals surface area contributed by atoms with Gasteiger partial charge >= 0.3 is 0 Å². The number of hydrogen-bond donors (Lipinski definition) is 2. The molecular weight excluding hydrogens is 272 g/mol. The minimum Gasteiger partial charge on any atom is -0.497 e. The van der Waals surface area contributed by atoms with E-state index in [9.17, 15) is 4.79 Å². The molecule has 0 spiro atoms. The van der Waals surface area contributed by atoms with Crippen LogP contribution in [0.3, 0.4) is 0 Å². The van der Waals surface area contributed by atoms with Crippen molar-refractivity contribution in [2.45, 2.75) is 6.92 Å². The van der Waals surface area contributed by atoms with Crippen LogP contribution in [0.4, 0.5) is 0 Å². The molecule has 0 atom stereocenters. The monoisotopic (exact) mass is 286 g/mol. The van der Waals surface area contributed by atoms with Gasteiger partial charge in [-0.2, -0.15) is 0 Å². The Bertz CT molecular complexity index is 866. The first-order chi connectivity index (χ1) is 10.1. The van der Waals surface area contributed by atoms with Crippen LogP contribution < -0.4 is 15.0 Å². The number of H-pyrrole nitrogens is 2. The lowest BCUT2D eigenvalue weighted by molar-refractivity contribution is 0.397. The smallest absolute Gasteiger partial charge is 0.262 e. The summed E-state index contributed by atoms with van der Waals surface area (Å²) >= 11 is 0. The third-order valence-corrected chi connectivity index (χ3v) is 3.26. The summed E-state index contributed by atoms with van der Waals surface area (Å²) in [5.41, 5.74) is 1.65. The fraction of sp³-hybridized carbons (Fsp3) is 0.214. The molecule has 0 bridgehead atoms. The van der Waals surface area contributed by atoms with Crippen LogP contribution in [0.2, 0.25) is 0 Å². The highest BCUT2D eigenvalue weighted by Gasteiger charge is 2.14. The Kier molecular flexibility index (Phi) is 3.09. The predicted molar refractivity (Wildman–Crippen MR) is 77.8 cm³/mol. The van der Waals surface area contributed by atoms with E-state index in [4.69, 9.17) is 9.47 Å². The van der Waals surface area contributed by atoms with Gasteiger partial charge in [-0.15, -0.1) is 0 Å². The van der Waals surface area contributed by atoms with E-state index in [1.165, 1.54) is 7.11 Å². The van der Waals surface area contributed by atoms with Crippen molar-refractivity contribution >= 4 is 10.9 Å². The molecular formula is C14H14N4O3. The number of fused-ring (bicyclic) bond motifs is 1. The topological polar surface area (TPSA) is 92.9 Å². The van der Waals surface area contributed by atoms with E-state index in [1.807, 2.05) is 6.92 Å². The molecule has 2 heterocycles. The van der Waals surface area contributed by atoms with Gasteiger partial charge in [0, 0.05) is 17.8 Å². The van der Waals surface area contributed by atoms with Crippen molar-refractivity contribution in [3.05, 3.63) is 34.5 Å². The number of hydrogen-bond acceptors (Lipinski definition) is 5. The number of imidazole rings is 1. The summed E-state index contributed by atoms with van der Waals surface area (Å²) in [6, 6.07) is 3.34. The zero-order valence-corrected chi connectivity index (χ0v) is 11.9. The van der Waals surface area contributed by atoms with E-state index in [1.54, 1.807) is 25.6 Å². The Labute approximate surface area is 120 Å². The summed E-state index contributed by atoms with van der Waals surface area (Å²) in [6.45, 7) is 1.86. The molecule has 108 valence electrons. The lowest BCUT2D eigenvalue weighted by Crippen LogP contribution is -2.11. The van der Waals surface area contributed by atoms with Crippen molar-refractivity contribution in [2.75, 3.05) is 14.2 Å². The molecule has 0 aliphatic carbocycles. The van der Waals surface area contributed by atoms with Gasteiger partial charge in [0.1, 0.15) is 22.6 Å². The Morgan fingerprint density at radius 3 is 2.62 bits per heavy atom. The number of nitrogens with one attached hydrogen (secondary N) is 2. The molecule has 7 heteroatoms. The number of nitrogens with zero attached hydrogens (tertiary/aromatic N) is 2. The van der Waals surface area contributed by atoms with E-state index in [0.29, 0.717) is 33.9 Å². The lowest BCUT2D eigenvalue weighted by Gasteiger charge is -2.08. The summed E-state index contributed by atoms with van der Waals surface area (Å²) in [5, 5.41) is 0.384. The molecule has 0 radical (unpaired) electrons. The molecule has 3 rings (SSSR count). The summed E-state index contributed by atoms with van der Waals surface area (Å²) in [7, 11) is 3.05. The zero-order chi connectivity index (χ0) is 15.0. The second-order valence-electron chi connectivity index (χ2n) is 4.51. The lowest BCUT2D eigenvalue weighted by atomic mass is 10.2. The largest absolute Gasteiger partial charge is 0.497 e. The Morgan fingerprint density at radius 2 is 2.00 bits per heavy atom. The van der Waals surface area contributed by atoms with Crippen LogP contribution in [0.1, 0.15) is 5.69 Å². The standard InChI is InChI=1S/C14H14N4O3/c1-7-12(16-6-15-7)13-17-9-4-8(20-2)5-10(21-3)11(9)14(19)18-13/h4-6H,1-3H3,(H,15,16)(H,17,18,19). The number of ether oxygens (including phenoxy) is 2. The third kappa shape index (κ3) is 2.12. The van der Waals surface area contributed by atoms with Gasteiger partial charge in [-0.05, 0) is 6.92 Å². The average Bonchev–Trinajstić information content (AvgIpc) is 2.91. The first kappa shape index (κ1) is 13.2. The molecule has 0 saturated carbocycles. The van der Waals surface area contributed by atoms with Crippen molar-refractivity contribution in [1.29, 1.82) is 0 Å². The Morgan fingerprint density at radius 1 is 1.19 bits per heavy atom. The van der Waals surface area contributed by atoms with E-state index in [0.717, 1.165) is 5.69 Å². The third-order valence-electron chi connectivity index (χ3n) is 3.26. The van der Waals surface area contributed by atoms with E-state index in [2.05, 4.69) is 19.9 Å². The number of methoxy groups -OCH3 is 2. The molecule has 21 heavy (non-hydrogen) atoms. The summed E-state index contributed by atoms with van der Waals surface area (Å²) in [6.07, 6.45) is 1.56. The summed E-state index contributed by atoms with van der Waals surface area (Å²) in [5.74, 6) is 1.40. The van der Waals surface area contributed by atoms with Gasteiger partial charge < -0.3 is 19.4 Å². The van der Waals surface area contributed by atoms with Crippen LogP contribution in [0, 0.1) is 6.92 Å². The SMILES string of the molecule is COc1cc(OC)c2c(=O)[nH]c(-c3nc[nH]c3C)nc2c1. The predicted octanol–water partition coefficient (Wildman–Crippen LogP) is 1.64. The van der Waals surface area contributed by atoms with Crippen LogP contribution >= 0.6 is 0 Å². The molecule has 3 aromatic rings. The maximum atomic E-state index is 12.3. The van der Waals surface area contributed by atoms with Crippen molar-refractivity contribution in [3.63, 3.8) is 0 Å². The van der Waals surface area contributed by atoms with Crippen molar-refractivity contribution in [3.8, 4) is 23.0 Å². The van der Waals surface area contributed by atoms with E-state index in [-0.39, 0.29) is 5.56 Å². The second kappa shape index (κ2) is 4.93. The number of aromatic amines is 2. The number of rotatable bonds is 3. The molecule has 7 nitrogen and oxygen atoms in total. The van der Waals surface area contributed by atoms with Gasteiger partial charge in [0.15, 0.2) is 5.82 Å². The fourth-order valence-electron chi connectivity index (χ4n) is 2.20. The molecule has 1 aromatic carbocycles. The molecule has 0 aliphatic rings. The van der Waals surface area contributed by atoms with Crippen LogP contribution in [0.5, 0.6) is 11.5 Å². The van der Waals surface area contributed by atoms with E-state index >= 15 is 0 Å². The minimum atomic E-state index is -0.281. The first-order valence-electron chi connectivity index (χ1n) is 6.30. The van der Waals surface area contributed by atoms with Gasteiger partial charge in [-0.3, -0.25) is 4.79 Å². The average molecular weight is 286 g/mol. The van der Waals surface area contributed by atoms with Gasteiger partial charge in [0.25, 0.3) is 5.56 Å². The molecule has 0 aliphatic heterocycles. The molecule has 0 unspecified atom stereocenters. The van der Waals surface area contributed by atoms with Gasteiger partial charge in [0.05, 0.1) is 26.1 Å². The van der Waals surface area contributed by atoms with Crippen LogP contribution in [-0.4, -0.2) is 34.2 Å². The fourth-order valence-corrected chi connectivity index (χ4v) is 2.20. The molecule has 0 fully saturated rings.